The summed E-state index contributed by atoms with van der Waals surface area (Å²) in [4.78, 5) is 2.04. The molecule has 0 fully saturated rings. The maximum Gasteiger partial charge on any atom is 0.124 e. The highest BCUT2D eigenvalue weighted by Gasteiger charge is 2.05. The Kier molecular flexibility index (Phi) is 7.40. The van der Waals surface area contributed by atoms with E-state index in [-0.39, 0.29) is 5.82 Å². The second-order valence-electron chi connectivity index (χ2n) is 4.57. The van der Waals surface area contributed by atoms with Gasteiger partial charge in [0.15, 0.2) is 0 Å². The highest BCUT2D eigenvalue weighted by atomic mass is 19.1. The first-order chi connectivity index (χ1) is 9.13. The van der Waals surface area contributed by atoms with Crippen LogP contribution >= 0.6 is 0 Å². The second-order valence-corrected chi connectivity index (χ2v) is 4.57. The Hall–Kier alpha value is -1.17. The van der Waals surface area contributed by atoms with Crippen molar-refractivity contribution in [3.8, 4) is 5.75 Å². The molecule has 4 nitrogen and oxygen atoms in total. The van der Waals surface area contributed by atoms with Crippen molar-refractivity contribution in [3.63, 3.8) is 0 Å². The van der Waals surface area contributed by atoms with Gasteiger partial charge in [0.2, 0.25) is 0 Å². The van der Waals surface area contributed by atoms with Crippen LogP contribution in [-0.4, -0.2) is 52.4 Å². The van der Waals surface area contributed by atoms with Crippen molar-refractivity contribution in [3.05, 3.63) is 29.6 Å². The van der Waals surface area contributed by atoms with Crippen molar-refractivity contribution < 1.29 is 13.9 Å². The molecule has 0 aromatic heterocycles. The summed E-state index contributed by atoms with van der Waals surface area (Å²) in [5.41, 5.74) is 0.829. The fourth-order valence-electron chi connectivity index (χ4n) is 1.56. The fraction of sp³-hybridized carbons (Fsp3) is 0.571. The monoisotopic (exact) mass is 270 g/mol. The number of methoxy groups -OCH3 is 1. The summed E-state index contributed by atoms with van der Waals surface area (Å²) in [6.07, 6.45) is 0. The molecule has 1 aromatic carbocycles. The third kappa shape index (κ3) is 6.52. The minimum atomic E-state index is -0.247. The van der Waals surface area contributed by atoms with Crippen LogP contribution in [0.25, 0.3) is 0 Å². The van der Waals surface area contributed by atoms with Crippen LogP contribution < -0.4 is 10.1 Å². The summed E-state index contributed by atoms with van der Waals surface area (Å²) in [7, 11) is 5.63. The quantitative estimate of drug-likeness (QED) is 0.690. The minimum Gasteiger partial charge on any atom is -0.492 e. The van der Waals surface area contributed by atoms with Crippen molar-refractivity contribution in [2.45, 2.75) is 6.54 Å². The van der Waals surface area contributed by atoms with Gasteiger partial charge in [0.1, 0.15) is 18.2 Å². The molecular formula is C14H23FN2O2. The first-order valence-corrected chi connectivity index (χ1v) is 6.39. The number of hydrogen-bond acceptors (Lipinski definition) is 4. The van der Waals surface area contributed by atoms with Gasteiger partial charge in [-0.1, -0.05) is 0 Å². The number of ether oxygens (including phenoxy) is 2. The Morgan fingerprint density at radius 1 is 1.26 bits per heavy atom. The van der Waals surface area contributed by atoms with Crippen molar-refractivity contribution >= 4 is 0 Å². The lowest BCUT2D eigenvalue weighted by atomic mass is 10.2. The number of likely N-dealkylation sites (N-methyl/N-ethyl adjacent to an activating group) is 1. The van der Waals surface area contributed by atoms with E-state index >= 15 is 0 Å². The van der Waals surface area contributed by atoms with E-state index in [0.29, 0.717) is 19.8 Å². The first kappa shape index (κ1) is 15.9. The van der Waals surface area contributed by atoms with Gasteiger partial charge in [0.05, 0.1) is 6.61 Å². The standard InChI is InChI=1S/C14H23FN2O2/c1-17(2)7-9-19-14-5-4-13(15)10-12(14)11-16-6-8-18-3/h4-5,10,16H,6-9,11H2,1-3H3. The second kappa shape index (κ2) is 8.85. The third-order valence-corrected chi connectivity index (χ3v) is 2.62. The zero-order valence-corrected chi connectivity index (χ0v) is 11.9. The Morgan fingerprint density at radius 2 is 2.05 bits per heavy atom. The number of rotatable bonds is 9. The van der Waals surface area contributed by atoms with Gasteiger partial charge in [-0.2, -0.15) is 0 Å². The van der Waals surface area contributed by atoms with Crippen LogP contribution in [0.15, 0.2) is 18.2 Å². The predicted octanol–water partition coefficient (Wildman–Crippen LogP) is 1.50. The summed E-state index contributed by atoms with van der Waals surface area (Å²) in [5, 5.41) is 3.19. The zero-order valence-electron chi connectivity index (χ0n) is 11.9. The van der Waals surface area contributed by atoms with Crippen molar-refractivity contribution in [2.75, 3.05) is 47.5 Å². The lowest BCUT2D eigenvalue weighted by Gasteiger charge is -2.14. The fourth-order valence-corrected chi connectivity index (χ4v) is 1.56. The molecule has 108 valence electrons. The molecule has 1 rings (SSSR count). The van der Waals surface area contributed by atoms with Gasteiger partial charge in [-0.05, 0) is 32.3 Å². The number of hydrogen-bond donors (Lipinski definition) is 1. The lowest BCUT2D eigenvalue weighted by Crippen LogP contribution is -2.21. The molecule has 5 heteroatoms. The van der Waals surface area contributed by atoms with Crippen LogP contribution in [0.1, 0.15) is 5.56 Å². The number of benzene rings is 1. The maximum absolute atomic E-state index is 13.3. The molecule has 0 aliphatic carbocycles. The van der Waals surface area contributed by atoms with Crippen molar-refractivity contribution in [1.29, 1.82) is 0 Å². The van der Waals surface area contributed by atoms with Gasteiger partial charge in [-0.15, -0.1) is 0 Å². The SMILES string of the molecule is COCCNCc1cc(F)ccc1OCCN(C)C. The van der Waals surface area contributed by atoms with Gasteiger partial charge in [0, 0.05) is 32.3 Å². The Bertz CT molecular complexity index is 372. The van der Waals surface area contributed by atoms with Crippen LogP contribution in [-0.2, 0) is 11.3 Å². The molecule has 1 N–H and O–H groups in total. The summed E-state index contributed by atoms with van der Waals surface area (Å²) >= 11 is 0. The van der Waals surface area contributed by atoms with Crippen LogP contribution in [0.5, 0.6) is 5.75 Å². The molecular weight excluding hydrogens is 247 g/mol. The normalized spacial score (nSPS) is 11.0. The number of nitrogens with one attached hydrogen (secondary N) is 1. The van der Waals surface area contributed by atoms with Crippen LogP contribution in [0.2, 0.25) is 0 Å². The van der Waals surface area contributed by atoms with Crippen LogP contribution in [0, 0.1) is 5.82 Å². The molecule has 0 unspecified atom stereocenters. The van der Waals surface area contributed by atoms with Gasteiger partial charge in [-0.25, -0.2) is 4.39 Å². The predicted molar refractivity (Wildman–Crippen MR) is 74.0 cm³/mol. The zero-order chi connectivity index (χ0) is 14.1. The Balaban J connectivity index is 2.53. The van der Waals surface area contributed by atoms with E-state index in [0.717, 1.165) is 24.4 Å². The summed E-state index contributed by atoms with van der Waals surface area (Å²) in [6.45, 7) is 3.34. The van der Waals surface area contributed by atoms with E-state index < -0.39 is 0 Å². The molecule has 0 spiro atoms. The lowest BCUT2D eigenvalue weighted by molar-refractivity contribution is 0.199. The molecule has 0 bridgehead atoms. The van der Waals surface area contributed by atoms with E-state index in [1.807, 2.05) is 19.0 Å². The van der Waals surface area contributed by atoms with E-state index in [4.69, 9.17) is 9.47 Å². The minimum absolute atomic E-state index is 0.247. The summed E-state index contributed by atoms with van der Waals surface area (Å²) in [6, 6.07) is 4.60. The van der Waals surface area contributed by atoms with Gasteiger partial charge < -0.3 is 19.7 Å². The third-order valence-electron chi connectivity index (χ3n) is 2.62. The first-order valence-electron chi connectivity index (χ1n) is 6.39. The van der Waals surface area contributed by atoms with E-state index in [9.17, 15) is 4.39 Å². The molecule has 0 heterocycles. The average molecular weight is 270 g/mol. The molecule has 19 heavy (non-hydrogen) atoms. The molecule has 0 radical (unpaired) electrons. The Labute approximate surface area is 114 Å². The highest BCUT2D eigenvalue weighted by Crippen LogP contribution is 2.19. The summed E-state index contributed by atoms with van der Waals surface area (Å²) < 4.78 is 23.9. The van der Waals surface area contributed by atoms with Gasteiger partial charge >= 0.3 is 0 Å². The molecule has 0 saturated heterocycles. The number of nitrogens with zero attached hydrogens (tertiary/aromatic N) is 1. The van der Waals surface area contributed by atoms with E-state index in [1.54, 1.807) is 13.2 Å². The molecule has 0 aliphatic heterocycles. The number of halogens is 1. The Morgan fingerprint density at radius 3 is 2.74 bits per heavy atom. The largest absolute Gasteiger partial charge is 0.492 e. The van der Waals surface area contributed by atoms with Crippen LogP contribution in [0.4, 0.5) is 4.39 Å². The molecule has 0 saturated carbocycles. The maximum atomic E-state index is 13.3. The molecule has 0 atom stereocenters. The van der Waals surface area contributed by atoms with Gasteiger partial charge in [-0.3, -0.25) is 0 Å². The topological polar surface area (TPSA) is 33.7 Å². The molecule has 0 aliphatic rings. The van der Waals surface area contributed by atoms with Crippen molar-refractivity contribution in [2.24, 2.45) is 0 Å². The average Bonchev–Trinajstić information content (AvgIpc) is 2.36. The highest BCUT2D eigenvalue weighted by molar-refractivity contribution is 5.33. The van der Waals surface area contributed by atoms with Crippen molar-refractivity contribution in [1.82, 2.24) is 10.2 Å². The smallest absolute Gasteiger partial charge is 0.124 e. The van der Waals surface area contributed by atoms with Gasteiger partial charge in [0.25, 0.3) is 0 Å². The van der Waals surface area contributed by atoms with E-state index in [1.165, 1.54) is 12.1 Å². The van der Waals surface area contributed by atoms with E-state index in [2.05, 4.69) is 5.32 Å². The summed E-state index contributed by atoms with van der Waals surface area (Å²) in [5.74, 6) is 0.483. The molecule has 1 aromatic rings. The molecule has 0 amide bonds. The van der Waals surface area contributed by atoms with Crippen LogP contribution in [0.3, 0.4) is 0 Å².